The number of nitrogens with one attached hydrogen (secondary N) is 1. The average molecular weight is 509 g/mol. The number of hydrogen-bond acceptors (Lipinski definition) is 5. The van der Waals surface area contributed by atoms with Crippen LogP contribution in [0.1, 0.15) is 15.9 Å². The number of nitrogens with zero attached hydrogens (tertiary/aromatic N) is 1. The van der Waals surface area contributed by atoms with Crippen molar-refractivity contribution in [2.45, 2.75) is 0 Å². The van der Waals surface area contributed by atoms with Crippen LogP contribution in [-0.4, -0.2) is 24.7 Å². The van der Waals surface area contributed by atoms with E-state index in [4.69, 9.17) is 21.1 Å². The van der Waals surface area contributed by atoms with E-state index in [9.17, 15) is 9.59 Å². The first kappa shape index (κ1) is 24.0. The third-order valence-electron chi connectivity index (χ3n) is 5.72. The zero-order valence-corrected chi connectivity index (χ0v) is 20.3. The summed E-state index contributed by atoms with van der Waals surface area (Å²) in [6, 6.07) is 31.2. The van der Waals surface area contributed by atoms with Crippen LogP contribution < -0.4 is 14.9 Å². The topological polar surface area (TPSA) is 77.0 Å². The predicted molar refractivity (Wildman–Crippen MR) is 146 cm³/mol. The average Bonchev–Trinajstić information content (AvgIpc) is 2.93. The molecule has 5 rings (SSSR count). The zero-order chi connectivity index (χ0) is 25.6. The standard InChI is InChI=1S/C30H21ClN2O4/c31-26-14-6-5-13-24(26)30(35)37-28-17-16-21-9-1-3-11-22(21)25(28)18-32-33-29(34)19-36-27-15-7-10-20-8-2-4-12-23(20)27/h1-18H,19H2,(H,33,34). The lowest BCUT2D eigenvalue weighted by Gasteiger charge is -2.11. The van der Waals surface area contributed by atoms with Crippen molar-refractivity contribution in [2.75, 3.05) is 6.61 Å². The van der Waals surface area contributed by atoms with Gasteiger partial charge in [-0.2, -0.15) is 5.10 Å². The molecule has 5 aromatic rings. The van der Waals surface area contributed by atoms with E-state index in [2.05, 4.69) is 10.5 Å². The Morgan fingerprint density at radius 3 is 2.24 bits per heavy atom. The monoisotopic (exact) mass is 508 g/mol. The molecule has 182 valence electrons. The molecular weight excluding hydrogens is 488 g/mol. The smallest absolute Gasteiger partial charge is 0.345 e. The largest absolute Gasteiger partial charge is 0.483 e. The van der Waals surface area contributed by atoms with Crippen molar-refractivity contribution < 1.29 is 19.1 Å². The third kappa shape index (κ3) is 5.44. The Labute approximate surface area is 218 Å². The highest BCUT2D eigenvalue weighted by atomic mass is 35.5. The van der Waals surface area contributed by atoms with Gasteiger partial charge in [-0.1, -0.05) is 90.5 Å². The molecule has 0 bridgehead atoms. The van der Waals surface area contributed by atoms with Crippen LogP contribution in [0.25, 0.3) is 21.5 Å². The fourth-order valence-corrected chi connectivity index (χ4v) is 4.16. The van der Waals surface area contributed by atoms with E-state index in [1.807, 2.05) is 72.8 Å². The quantitative estimate of drug-likeness (QED) is 0.119. The van der Waals surface area contributed by atoms with Gasteiger partial charge in [0, 0.05) is 10.9 Å². The van der Waals surface area contributed by atoms with E-state index in [0.29, 0.717) is 16.3 Å². The number of carbonyl (C=O) groups excluding carboxylic acids is 2. The van der Waals surface area contributed by atoms with Gasteiger partial charge in [0.1, 0.15) is 11.5 Å². The minimum atomic E-state index is -0.594. The number of fused-ring (bicyclic) bond motifs is 2. The van der Waals surface area contributed by atoms with Crippen LogP contribution in [0.15, 0.2) is 108 Å². The van der Waals surface area contributed by atoms with Gasteiger partial charge >= 0.3 is 5.97 Å². The molecule has 0 atom stereocenters. The summed E-state index contributed by atoms with van der Waals surface area (Å²) in [5.41, 5.74) is 3.26. The summed E-state index contributed by atoms with van der Waals surface area (Å²) in [7, 11) is 0. The minimum Gasteiger partial charge on any atom is -0.483 e. The molecule has 0 heterocycles. The van der Waals surface area contributed by atoms with Crippen LogP contribution in [0.2, 0.25) is 5.02 Å². The molecule has 0 aliphatic rings. The summed E-state index contributed by atoms with van der Waals surface area (Å²) in [4.78, 5) is 25.2. The first-order valence-corrected chi connectivity index (χ1v) is 11.9. The Hall–Kier alpha value is -4.68. The predicted octanol–water partition coefficient (Wildman–Crippen LogP) is 6.39. The second-order valence-electron chi connectivity index (χ2n) is 8.13. The first-order chi connectivity index (χ1) is 18.1. The lowest BCUT2D eigenvalue weighted by molar-refractivity contribution is -0.123. The summed E-state index contributed by atoms with van der Waals surface area (Å²) >= 11 is 6.16. The van der Waals surface area contributed by atoms with E-state index < -0.39 is 11.9 Å². The summed E-state index contributed by atoms with van der Waals surface area (Å²) < 4.78 is 11.4. The number of benzene rings is 5. The Balaban J connectivity index is 1.33. The summed E-state index contributed by atoms with van der Waals surface area (Å²) in [6.07, 6.45) is 1.45. The van der Waals surface area contributed by atoms with Crippen molar-refractivity contribution in [2.24, 2.45) is 5.10 Å². The highest BCUT2D eigenvalue weighted by Crippen LogP contribution is 2.28. The maximum absolute atomic E-state index is 12.8. The summed E-state index contributed by atoms with van der Waals surface area (Å²) in [6.45, 7) is -0.213. The Bertz CT molecular complexity index is 1640. The number of rotatable bonds is 7. The van der Waals surface area contributed by atoms with Crippen LogP contribution >= 0.6 is 11.6 Å². The summed E-state index contributed by atoms with van der Waals surface area (Å²) in [5.74, 6) is -0.129. The number of carbonyl (C=O) groups is 2. The number of hydrogen-bond donors (Lipinski definition) is 1. The molecule has 0 aromatic heterocycles. The molecule has 0 saturated heterocycles. The second-order valence-corrected chi connectivity index (χ2v) is 8.53. The maximum atomic E-state index is 12.8. The molecule has 0 spiro atoms. The van der Waals surface area contributed by atoms with Crippen LogP contribution in [0, 0.1) is 0 Å². The molecule has 1 amide bonds. The van der Waals surface area contributed by atoms with Gasteiger partial charge in [-0.05, 0) is 40.4 Å². The molecule has 0 radical (unpaired) electrons. The van der Waals surface area contributed by atoms with E-state index in [1.54, 1.807) is 30.3 Å². The highest BCUT2D eigenvalue weighted by molar-refractivity contribution is 6.33. The van der Waals surface area contributed by atoms with Crippen molar-refractivity contribution in [3.8, 4) is 11.5 Å². The van der Waals surface area contributed by atoms with Crippen LogP contribution in [0.3, 0.4) is 0 Å². The Kier molecular flexibility index (Phi) is 7.10. The normalized spacial score (nSPS) is 11.1. The van der Waals surface area contributed by atoms with Crippen molar-refractivity contribution in [3.63, 3.8) is 0 Å². The summed E-state index contributed by atoms with van der Waals surface area (Å²) in [5, 5.41) is 8.06. The minimum absolute atomic E-state index is 0.213. The Morgan fingerprint density at radius 2 is 1.43 bits per heavy atom. The van der Waals surface area contributed by atoms with E-state index in [0.717, 1.165) is 21.5 Å². The van der Waals surface area contributed by atoms with Gasteiger partial charge in [-0.3, -0.25) is 4.79 Å². The fourth-order valence-electron chi connectivity index (χ4n) is 3.95. The van der Waals surface area contributed by atoms with Crippen molar-refractivity contribution in [1.82, 2.24) is 5.43 Å². The SMILES string of the molecule is O=C(COc1cccc2ccccc12)NN=Cc1c(OC(=O)c2ccccc2Cl)ccc2ccccc12. The number of hydrazone groups is 1. The number of ether oxygens (including phenoxy) is 2. The van der Waals surface area contributed by atoms with Crippen LogP contribution in [0.5, 0.6) is 11.5 Å². The zero-order valence-electron chi connectivity index (χ0n) is 19.6. The number of amides is 1. The lowest BCUT2D eigenvalue weighted by atomic mass is 10.0. The van der Waals surface area contributed by atoms with Gasteiger partial charge in [-0.15, -0.1) is 0 Å². The van der Waals surface area contributed by atoms with E-state index in [1.165, 1.54) is 6.21 Å². The van der Waals surface area contributed by atoms with E-state index in [-0.39, 0.29) is 17.9 Å². The van der Waals surface area contributed by atoms with E-state index >= 15 is 0 Å². The Morgan fingerprint density at radius 1 is 0.757 bits per heavy atom. The van der Waals surface area contributed by atoms with Gasteiger partial charge < -0.3 is 9.47 Å². The molecule has 0 saturated carbocycles. The van der Waals surface area contributed by atoms with Gasteiger partial charge in [0.15, 0.2) is 6.61 Å². The van der Waals surface area contributed by atoms with Gasteiger partial charge in [-0.25, -0.2) is 10.2 Å². The lowest BCUT2D eigenvalue weighted by Crippen LogP contribution is -2.24. The molecule has 0 unspecified atom stereocenters. The molecule has 37 heavy (non-hydrogen) atoms. The number of esters is 1. The number of halogens is 1. The van der Waals surface area contributed by atoms with Crippen molar-refractivity contribution >= 4 is 51.2 Å². The van der Waals surface area contributed by atoms with Crippen LogP contribution in [-0.2, 0) is 4.79 Å². The molecule has 5 aromatic carbocycles. The molecule has 7 heteroatoms. The molecule has 1 N–H and O–H groups in total. The van der Waals surface area contributed by atoms with Crippen LogP contribution in [0.4, 0.5) is 0 Å². The van der Waals surface area contributed by atoms with Gasteiger partial charge in [0.2, 0.25) is 0 Å². The van der Waals surface area contributed by atoms with Crippen molar-refractivity contribution in [1.29, 1.82) is 0 Å². The molecule has 6 nitrogen and oxygen atoms in total. The highest BCUT2D eigenvalue weighted by Gasteiger charge is 2.16. The third-order valence-corrected chi connectivity index (χ3v) is 6.05. The van der Waals surface area contributed by atoms with Gasteiger partial charge in [0.05, 0.1) is 16.8 Å². The molecular formula is C30H21ClN2O4. The fraction of sp³-hybridized carbons (Fsp3) is 0.0333. The second kappa shape index (κ2) is 10.9. The maximum Gasteiger partial charge on any atom is 0.345 e. The molecule has 0 fully saturated rings. The van der Waals surface area contributed by atoms with Gasteiger partial charge in [0.25, 0.3) is 5.91 Å². The molecule has 0 aliphatic carbocycles. The van der Waals surface area contributed by atoms with Crippen molar-refractivity contribution in [3.05, 3.63) is 119 Å². The molecule has 0 aliphatic heterocycles. The first-order valence-electron chi connectivity index (χ1n) is 11.5.